The van der Waals surface area contributed by atoms with Crippen molar-refractivity contribution in [1.29, 1.82) is 0 Å². The van der Waals surface area contributed by atoms with Crippen molar-refractivity contribution in [2.24, 2.45) is 0 Å². The number of amides is 1. The molecule has 2 aromatic carbocycles. The number of carbonyl (C=O) groups excluding carboxylic acids is 2. The van der Waals surface area contributed by atoms with Crippen molar-refractivity contribution < 1.29 is 9.59 Å². The lowest BCUT2D eigenvalue weighted by atomic mass is 9.97. The first-order valence-corrected chi connectivity index (χ1v) is 8.82. The second-order valence-electron chi connectivity index (χ2n) is 6.60. The number of hydrogen-bond acceptors (Lipinski definition) is 2. The van der Waals surface area contributed by atoms with E-state index in [1.807, 2.05) is 76.5 Å². The van der Waals surface area contributed by atoms with Crippen LogP contribution >= 0.6 is 0 Å². The molecule has 0 atom stereocenters. The van der Waals surface area contributed by atoms with Crippen LogP contribution in [-0.4, -0.2) is 22.8 Å². The molecule has 0 spiro atoms. The van der Waals surface area contributed by atoms with Crippen LogP contribution in [0.25, 0.3) is 5.69 Å². The Morgan fingerprint density at radius 2 is 1.62 bits per heavy atom. The number of anilines is 1. The van der Waals surface area contributed by atoms with Crippen LogP contribution in [0.2, 0.25) is 0 Å². The fourth-order valence-corrected chi connectivity index (χ4v) is 3.47. The highest BCUT2D eigenvalue weighted by Gasteiger charge is 2.24. The van der Waals surface area contributed by atoms with Crippen molar-refractivity contribution in [1.82, 2.24) is 4.57 Å². The molecule has 0 N–H and O–H groups in total. The first-order valence-electron chi connectivity index (χ1n) is 8.82. The number of Topliss-reactive ketones (excluding diaryl/α,β-unsaturated/α-hetero) is 1. The number of aryl methyl sites for hydroxylation is 1. The van der Waals surface area contributed by atoms with E-state index < -0.39 is 0 Å². The van der Waals surface area contributed by atoms with Gasteiger partial charge in [0.15, 0.2) is 5.78 Å². The van der Waals surface area contributed by atoms with E-state index in [1.165, 1.54) is 0 Å². The highest BCUT2D eigenvalue weighted by molar-refractivity contribution is 6.07. The monoisotopic (exact) mass is 344 g/mol. The second kappa shape index (κ2) is 6.64. The van der Waals surface area contributed by atoms with Crippen LogP contribution in [0.4, 0.5) is 5.69 Å². The number of fused-ring (bicyclic) bond motifs is 1. The number of ketones is 1. The number of rotatable bonds is 3. The zero-order valence-electron chi connectivity index (χ0n) is 14.7. The van der Waals surface area contributed by atoms with Gasteiger partial charge in [0.2, 0.25) is 0 Å². The first-order chi connectivity index (χ1) is 12.6. The molecule has 0 aliphatic carbocycles. The molecule has 1 aromatic heterocycles. The molecule has 130 valence electrons. The summed E-state index contributed by atoms with van der Waals surface area (Å²) in [4.78, 5) is 26.5. The van der Waals surface area contributed by atoms with Crippen molar-refractivity contribution in [2.75, 3.05) is 11.4 Å². The summed E-state index contributed by atoms with van der Waals surface area (Å²) in [6.45, 7) is 2.27. The van der Waals surface area contributed by atoms with Crippen LogP contribution in [0, 0.1) is 0 Å². The molecule has 26 heavy (non-hydrogen) atoms. The predicted octanol–water partition coefficient (Wildman–Crippen LogP) is 4.27. The van der Waals surface area contributed by atoms with Gasteiger partial charge in [0.1, 0.15) is 0 Å². The molecule has 1 aliphatic rings. The maximum atomic E-state index is 13.0. The van der Waals surface area contributed by atoms with Gasteiger partial charge in [-0.2, -0.15) is 0 Å². The Hall–Kier alpha value is -3.14. The molecule has 0 saturated carbocycles. The lowest BCUT2D eigenvalue weighted by molar-refractivity contribution is 0.0984. The van der Waals surface area contributed by atoms with Crippen molar-refractivity contribution in [3.8, 4) is 5.69 Å². The molecule has 4 rings (SSSR count). The van der Waals surface area contributed by atoms with Crippen molar-refractivity contribution in [3.05, 3.63) is 83.7 Å². The topological polar surface area (TPSA) is 42.3 Å². The second-order valence-corrected chi connectivity index (χ2v) is 6.60. The van der Waals surface area contributed by atoms with Gasteiger partial charge < -0.3 is 9.47 Å². The van der Waals surface area contributed by atoms with Crippen molar-refractivity contribution in [2.45, 2.75) is 19.8 Å². The Labute approximate surface area is 152 Å². The molecule has 3 aromatic rings. The Balaban J connectivity index is 1.62. The molecule has 0 fully saturated rings. The third-order valence-electron chi connectivity index (χ3n) is 4.87. The van der Waals surface area contributed by atoms with E-state index in [1.54, 1.807) is 6.92 Å². The molecular formula is C22H20N2O2. The average Bonchev–Trinajstić information content (AvgIpc) is 3.21. The van der Waals surface area contributed by atoms with Gasteiger partial charge in [0, 0.05) is 41.4 Å². The van der Waals surface area contributed by atoms with Gasteiger partial charge >= 0.3 is 0 Å². The van der Waals surface area contributed by atoms with Crippen LogP contribution < -0.4 is 4.90 Å². The van der Waals surface area contributed by atoms with E-state index in [0.717, 1.165) is 29.8 Å². The van der Waals surface area contributed by atoms with Crippen LogP contribution in [0.3, 0.4) is 0 Å². The smallest absolute Gasteiger partial charge is 0.258 e. The molecule has 0 unspecified atom stereocenters. The summed E-state index contributed by atoms with van der Waals surface area (Å²) in [5.74, 6) is 0.0532. The van der Waals surface area contributed by atoms with Gasteiger partial charge in [0.05, 0.1) is 0 Å². The molecule has 1 amide bonds. The van der Waals surface area contributed by atoms with Crippen LogP contribution in [0.1, 0.15) is 39.6 Å². The summed E-state index contributed by atoms with van der Waals surface area (Å²) in [6.07, 6.45) is 5.75. The van der Waals surface area contributed by atoms with Crippen LogP contribution in [0.5, 0.6) is 0 Å². The molecule has 4 heteroatoms. The Bertz CT molecular complexity index is 956. The number of carbonyl (C=O) groups is 2. The number of nitrogens with zero attached hydrogens (tertiary/aromatic N) is 2. The molecule has 0 bridgehead atoms. The highest BCUT2D eigenvalue weighted by Crippen LogP contribution is 2.29. The summed E-state index contributed by atoms with van der Waals surface area (Å²) in [5.41, 5.74) is 4.39. The first kappa shape index (κ1) is 16.3. The van der Waals surface area contributed by atoms with Gasteiger partial charge in [-0.15, -0.1) is 0 Å². The lowest BCUT2D eigenvalue weighted by Gasteiger charge is -2.30. The minimum atomic E-state index is 0.000538. The quantitative estimate of drug-likeness (QED) is 0.666. The summed E-state index contributed by atoms with van der Waals surface area (Å²) in [6, 6.07) is 17.2. The van der Waals surface area contributed by atoms with E-state index >= 15 is 0 Å². The van der Waals surface area contributed by atoms with E-state index in [-0.39, 0.29) is 11.7 Å². The Morgan fingerprint density at radius 3 is 2.31 bits per heavy atom. The lowest BCUT2D eigenvalue weighted by Crippen LogP contribution is -2.35. The molecule has 1 aliphatic heterocycles. The number of hydrogen-bond donors (Lipinski definition) is 0. The van der Waals surface area contributed by atoms with Crippen molar-refractivity contribution >= 4 is 17.4 Å². The summed E-state index contributed by atoms with van der Waals surface area (Å²) in [5, 5.41) is 0. The van der Waals surface area contributed by atoms with E-state index in [2.05, 4.69) is 0 Å². The standard InChI is InChI=1S/C22H20N2O2/c1-16(25)18-8-11-21-19(15-18)5-4-14-24(21)22(26)17-6-9-20(10-7-17)23-12-2-3-13-23/h2-3,6-13,15H,4-5,14H2,1H3. The fourth-order valence-electron chi connectivity index (χ4n) is 3.47. The largest absolute Gasteiger partial charge is 0.324 e. The molecule has 2 heterocycles. The van der Waals surface area contributed by atoms with Gasteiger partial charge in [-0.1, -0.05) is 0 Å². The summed E-state index contributed by atoms with van der Waals surface area (Å²) in [7, 11) is 0. The highest BCUT2D eigenvalue weighted by atomic mass is 16.2. The SMILES string of the molecule is CC(=O)c1ccc2c(c1)CCCN2C(=O)c1ccc(-n2cccc2)cc1. The Kier molecular flexibility index (Phi) is 4.17. The predicted molar refractivity (Wildman–Crippen MR) is 102 cm³/mol. The third kappa shape index (κ3) is 2.94. The molecule has 0 radical (unpaired) electrons. The zero-order chi connectivity index (χ0) is 18.1. The average molecular weight is 344 g/mol. The van der Waals surface area contributed by atoms with Gasteiger partial charge in [-0.05, 0) is 79.9 Å². The third-order valence-corrected chi connectivity index (χ3v) is 4.87. The Morgan fingerprint density at radius 1 is 0.923 bits per heavy atom. The number of benzene rings is 2. The zero-order valence-corrected chi connectivity index (χ0v) is 14.7. The van der Waals surface area contributed by atoms with Crippen molar-refractivity contribution in [3.63, 3.8) is 0 Å². The molecule has 0 saturated heterocycles. The number of aromatic nitrogens is 1. The van der Waals surface area contributed by atoms with E-state index in [0.29, 0.717) is 17.7 Å². The van der Waals surface area contributed by atoms with Gasteiger partial charge in [-0.3, -0.25) is 9.59 Å². The summed E-state index contributed by atoms with van der Waals surface area (Å²) >= 11 is 0. The summed E-state index contributed by atoms with van der Waals surface area (Å²) < 4.78 is 2.01. The van der Waals surface area contributed by atoms with E-state index in [4.69, 9.17) is 0 Å². The van der Waals surface area contributed by atoms with Gasteiger partial charge in [-0.25, -0.2) is 0 Å². The fraction of sp³-hybridized carbons (Fsp3) is 0.182. The van der Waals surface area contributed by atoms with E-state index in [9.17, 15) is 9.59 Å². The van der Waals surface area contributed by atoms with Crippen LogP contribution in [0.15, 0.2) is 67.0 Å². The maximum Gasteiger partial charge on any atom is 0.258 e. The molecule has 4 nitrogen and oxygen atoms in total. The minimum absolute atomic E-state index is 0.000538. The van der Waals surface area contributed by atoms with Gasteiger partial charge in [0.25, 0.3) is 5.91 Å². The maximum absolute atomic E-state index is 13.0. The normalized spacial score (nSPS) is 13.3. The van der Waals surface area contributed by atoms with Crippen LogP contribution in [-0.2, 0) is 6.42 Å². The minimum Gasteiger partial charge on any atom is -0.324 e. The molecular weight excluding hydrogens is 324 g/mol.